The van der Waals surface area contributed by atoms with E-state index in [1.807, 2.05) is 29.2 Å². The van der Waals surface area contributed by atoms with Gasteiger partial charge in [0.2, 0.25) is 11.9 Å². The van der Waals surface area contributed by atoms with E-state index in [-0.39, 0.29) is 17.9 Å². The molecule has 1 aromatic heterocycles. The maximum absolute atomic E-state index is 13.5. The number of nitrogens with zero attached hydrogens (tertiary/aromatic N) is 3. The fourth-order valence-electron chi connectivity index (χ4n) is 4.90. The molecule has 0 radical (unpaired) electrons. The zero-order chi connectivity index (χ0) is 22.3. The van der Waals surface area contributed by atoms with Crippen molar-refractivity contribution >= 4 is 38.3 Å². The Balaban J connectivity index is 1.41. The van der Waals surface area contributed by atoms with Gasteiger partial charge >= 0.3 is 0 Å². The van der Waals surface area contributed by atoms with Crippen LogP contribution >= 0.6 is 0 Å². The van der Waals surface area contributed by atoms with Crippen LogP contribution in [0.15, 0.2) is 48.5 Å². The zero-order valence-corrected chi connectivity index (χ0v) is 19.3. The van der Waals surface area contributed by atoms with Crippen molar-refractivity contribution in [2.24, 2.45) is 5.92 Å². The highest BCUT2D eigenvalue weighted by atomic mass is 32.2. The van der Waals surface area contributed by atoms with Crippen molar-refractivity contribution in [1.29, 1.82) is 0 Å². The number of imidazole rings is 1. The van der Waals surface area contributed by atoms with E-state index in [4.69, 9.17) is 4.98 Å². The standard InChI is InChI=1S/C25H30N4O2S/c1-18-8-9-21-22(16-18)27-25(26-21)28-12-13-29(23(17-28)19-6-4-3-5-7-19)24(30)20-10-14-32(2,31)15-11-20/h3-9,16,20,23H,2,10-15,17H2,1H3,(H,26,27). The van der Waals surface area contributed by atoms with Crippen LogP contribution in [0.3, 0.4) is 0 Å². The summed E-state index contributed by atoms with van der Waals surface area (Å²) in [5, 5.41) is 0. The van der Waals surface area contributed by atoms with Crippen molar-refractivity contribution in [3.8, 4) is 0 Å². The van der Waals surface area contributed by atoms with Gasteiger partial charge in [-0.1, -0.05) is 36.4 Å². The fraction of sp³-hybridized carbons (Fsp3) is 0.400. The lowest BCUT2D eigenvalue weighted by molar-refractivity contribution is -0.138. The molecule has 1 atom stereocenters. The van der Waals surface area contributed by atoms with E-state index in [9.17, 15) is 9.00 Å². The number of hydrogen-bond acceptors (Lipinski definition) is 4. The topological polar surface area (TPSA) is 69.3 Å². The fourth-order valence-corrected chi connectivity index (χ4v) is 6.53. The maximum atomic E-state index is 13.5. The molecular formula is C25H30N4O2S. The van der Waals surface area contributed by atoms with Gasteiger partial charge in [0, 0.05) is 37.1 Å². The Labute approximate surface area is 189 Å². The number of aryl methyl sites for hydroxylation is 1. The molecule has 0 bridgehead atoms. The molecule has 2 saturated heterocycles. The van der Waals surface area contributed by atoms with Gasteiger partial charge in [0.25, 0.3) is 0 Å². The number of aromatic nitrogens is 2. The van der Waals surface area contributed by atoms with Crippen LogP contribution in [0.1, 0.15) is 30.0 Å². The summed E-state index contributed by atoms with van der Waals surface area (Å²) in [6.45, 7) is 4.14. The van der Waals surface area contributed by atoms with Crippen LogP contribution in [-0.2, 0) is 14.3 Å². The van der Waals surface area contributed by atoms with Crippen LogP contribution < -0.4 is 4.90 Å². The highest BCUT2D eigenvalue weighted by Crippen LogP contribution is 2.32. The van der Waals surface area contributed by atoms with Crippen molar-refractivity contribution in [1.82, 2.24) is 14.9 Å². The summed E-state index contributed by atoms with van der Waals surface area (Å²) in [7, 11) is -2.00. The van der Waals surface area contributed by atoms with Crippen LogP contribution in [0.25, 0.3) is 11.0 Å². The van der Waals surface area contributed by atoms with E-state index in [1.54, 1.807) is 0 Å². The van der Waals surface area contributed by atoms with Gasteiger partial charge in [0.05, 0.1) is 17.1 Å². The number of carbonyl (C=O) groups is 1. The highest BCUT2D eigenvalue weighted by Gasteiger charge is 2.37. The minimum atomic E-state index is -2.00. The Morgan fingerprint density at radius 3 is 2.62 bits per heavy atom. The van der Waals surface area contributed by atoms with Gasteiger partial charge in [0.1, 0.15) is 0 Å². The third kappa shape index (κ3) is 4.13. The van der Waals surface area contributed by atoms with E-state index in [2.05, 4.69) is 46.9 Å². The highest BCUT2D eigenvalue weighted by molar-refractivity contribution is 8.00. The van der Waals surface area contributed by atoms with Gasteiger partial charge in [-0.25, -0.2) is 4.98 Å². The Kier molecular flexibility index (Phi) is 5.45. The summed E-state index contributed by atoms with van der Waals surface area (Å²) >= 11 is 0. The van der Waals surface area contributed by atoms with Crippen molar-refractivity contribution < 1.29 is 9.00 Å². The largest absolute Gasteiger partial charge is 0.338 e. The maximum Gasteiger partial charge on any atom is 0.226 e. The first-order valence-corrected chi connectivity index (χ1v) is 13.4. The van der Waals surface area contributed by atoms with E-state index in [0.29, 0.717) is 37.4 Å². The zero-order valence-electron chi connectivity index (χ0n) is 18.5. The Hall–Kier alpha value is -2.80. The molecule has 0 saturated carbocycles. The molecule has 168 valence electrons. The molecule has 7 heteroatoms. The molecule has 32 heavy (non-hydrogen) atoms. The number of rotatable bonds is 3. The van der Waals surface area contributed by atoms with Crippen molar-refractivity contribution in [2.75, 3.05) is 36.0 Å². The van der Waals surface area contributed by atoms with Gasteiger partial charge in [-0.2, -0.15) is 0 Å². The number of amides is 1. The Bertz CT molecular complexity index is 1220. The summed E-state index contributed by atoms with van der Waals surface area (Å²) in [6, 6.07) is 16.4. The van der Waals surface area contributed by atoms with Crippen LogP contribution in [0.2, 0.25) is 0 Å². The van der Waals surface area contributed by atoms with Crippen molar-refractivity contribution in [3.63, 3.8) is 0 Å². The summed E-state index contributed by atoms with van der Waals surface area (Å²) in [5.41, 5.74) is 4.33. The summed E-state index contributed by atoms with van der Waals surface area (Å²) < 4.78 is 12.3. The second-order valence-corrected chi connectivity index (χ2v) is 11.9. The first-order valence-electron chi connectivity index (χ1n) is 11.3. The normalized spacial score (nSPS) is 26.4. The SMILES string of the molecule is C=S1(=O)CCC(C(=O)N2CCN(c3nc4ccc(C)cc4[nH]3)CC2c2ccccc2)CC1. The summed E-state index contributed by atoms with van der Waals surface area (Å²) in [5.74, 6) is 5.94. The lowest BCUT2D eigenvalue weighted by Crippen LogP contribution is -2.53. The van der Waals surface area contributed by atoms with Gasteiger partial charge < -0.3 is 14.8 Å². The molecule has 0 spiro atoms. The first kappa shape index (κ1) is 21.1. The number of carbonyl (C=O) groups excluding carboxylic acids is 1. The molecule has 6 nitrogen and oxygen atoms in total. The van der Waals surface area contributed by atoms with E-state index in [0.717, 1.165) is 29.1 Å². The lowest BCUT2D eigenvalue weighted by Gasteiger charge is -2.43. The van der Waals surface area contributed by atoms with E-state index < -0.39 is 9.52 Å². The average Bonchev–Trinajstić information content (AvgIpc) is 3.22. The second kappa shape index (κ2) is 8.28. The second-order valence-electron chi connectivity index (χ2n) is 9.13. The molecule has 1 amide bonds. The quantitative estimate of drug-likeness (QED) is 0.621. The van der Waals surface area contributed by atoms with E-state index in [1.165, 1.54) is 5.56 Å². The van der Waals surface area contributed by atoms with Gasteiger partial charge in [-0.15, -0.1) is 0 Å². The average molecular weight is 451 g/mol. The third-order valence-electron chi connectivity index (χ3n) is 6.80. The number of H-pyrrole nitrogens is 1. The molecule has 5 rings (SSSR count). The number of fused-ring (bicyclic) bond motifs is 1. The number of anilines is 1. The number of aromatic amines is 1. The van der Waals surface area contributed by atoms with Gasteiger partial charge in [-0.05, 0) is 58.4 Å². The third-order valence-corrected chi connectivity index (χ3v) is 8.76. The number of nitrogens with one attached hydrogen (secondary N) is 1. The van der Waals surface area contributed by atoms with Crippen LogP contribution in [0.4, 0.5) is 5.95 Å². The lowest BCUT2D eigenvalue weighted by atomic mass is 9.96. The molecule has 3 aromatic rings. The van der Waals surface area contributed by atoms with Crippen LogP contribution in [0, 0.1) is 12.8 Å². The summed E-state index contributed by atoms with van der Waals surface area (Å²) in [4.78, 5) is 26.1. The van der Waals surface area contributed by atoms with Crippen molar-refractivity contribution in [3.05, 3.63) is 59.7 Å². The minimum absolute atomic E-state index is 0.0431. The minimum Gasteiger partial charge on any atom is -0.338 e. The van der Waals surface area contributed by atoms with E-state index >= 15 is 0 Å². The monoisotopic (exact) mass is 450 g/mol. The molecule has 2 fully saturated rings. The van der Waals surface area contributed by atoms with Crippen molar-refractivity contribution in [2.45, 2.75) is 25.8 Å². The van der Waals surface area contributed by atoms with Gasteiger partial charge in [-0.3, -0.25) is 9.00 Å². The van der Waals surface area contributed by atoms with Gasteiger partial charge in [0.15, 0.2) is 0 Å². The smallest absolute Gasteiger partial charge is 0.226 e. The summed E-state index contributed by atoms with van der Waals surface area (Å²) in [6.07, 6.45) is 1.34. The molecular weight excluding hydrogens is 420 g/mol. The Morgan fingerprint density at radius 1 is 1.12 bits per heavy atom. The molecule has 2 aliphatic rings. The predicted octanol–water partition coefficient (Wildman–Crippen LogP) is 3.39. The molecule has 0 aliphatic carbocycles. The Morgan fingerprint density at radius 2 is 1.88 bits per heavy atom. The predicted molar refractivity (Wildman–Crippen MR) is 132 cm³/mol. The molecule has 1 N–H and O–H groups in total. The number of piperazine rings is 1. The molecule has 3 heterocycles. The van der Waals surface area contributed by atoms with Crippen LogP contribution in [0.5, 0.6) is 0 Å². The number of benzene rings is 2. The molecule has 2 aliphatic heterocycles. The first-order chi connectivity index (χ1) is 15.4. The van der Waals surface area contributed by atoms with Crippen LogP contribution in [-0.4, -0.2) is 62.0 Å². The molecule has 2 aromatic carbocycles. The molecule has 1 unspecified atom stereocenters. The number of hydrogen-bond donors (Lipinski definition) is 1.